The Balaban J connectivity index is 1.98. The maximum atomic E-state index is 11.5. The van der Waals surface area contributed by atoms with E-state index in [4.69, 9.17) is 14.2 Å². The summed E-state index contributed by atoms with van der Waals surface area (Å²) >= 11 is 1.06. The Bertz CT molecular complexity index is 986. The number of hydrogen-bond acceptors (Lipinski definition) is 7. The quantitative estimate of drug-likeness (QED) is 0.609. The van der Waals surface area contributed by atoms with E-state index in [0.717, 1.165) is 22.5 Å². The monoisotopic (exact) mass is 396 g/mol. The highest BCUT2D eigenvalue weighted by Gasteiger charge is 2.14. The number of thiazole rings is 1. The number of aromatic nitrogens is 1. The number of carboxylic acid groups (broad SMARTS) is 1. The van der Waals surface area contributed by atoms with Gasteiger partial charge in [-0.3, -0.25) is 0 Å². The van der Waals surface area contributed by atoms with Gasteiger partial charge in [0.15, 0.2) is 11.5 Å². The first-order valence-electron chi connectivity index (χ1n) is 8.33. The van der Waals surface area contributed by atoms with E-state index in [2.05, 4.69) is 4.98 Å². The zero-order valence-electron chi connectivity index (χ0n) is 15.6. The Labute approximate surface area is 166 Å². The molecule has 0 saturated heterocycles. The third kappa shape index (κ3) is 3.99. The molecular weight excluding hydrogens is 378 g/mol. The van der Waals surface area contributed by atoms with Crippen LogP contribution in [0.15, 0.2) is 42.5 Å². The molecule has 2 aromatic carbocycles. The highest BCUT2D eigenvalue weighted by Crippen LogP contribution is 2.38. The van der Waals surface area contributed by atoms with Gasteiger partial charge in [0.25, 0.3) is 0 Å². The average Bonchev–Trinajstić information content (AvgIpc) is 3.16. The first-order valence-corrected chi connectivity index (χ1v) is 9.14. The molecule has 1 heterocycles. The van der Waals surface area contributed by atoms with Crippen LogP contribution < -0.4 is 19.3 Å². The molecule has 0 amide bonds. The Morgan fingerprint density at radius 1 is 1.00 bits per heavy atom. The topological polar surface area (TPSA) is 80.7 Å². The van der Waals surface area contributed by atoms with Crippen molar-refractivity contribution in [2.75, 3.05) is 21.3 Å². The van der Waals surface area contributed by atoms with E-state index in [9.17, 15) is 9.90 Å². The second kappa shape index (κ2) is 8.58. The fourth-order valence-corrected chi connectivity index (χ4v) is 3.53. The van der Waals surface area contributed by atoms with Gasteiger partial charge in [-0.1, -0.05) is 36.4 Å². The van der Waals surface area contributed by atoms with Crippen LogP contribution in [0.25, 0.3) is 23.4 Å². The summed E-state index contributed by atoms with van der Waals surface area (Å²) in [5, 5.41) is 12.1. The first kappa shape index (κ1) is 19.4. The standard InChI is InChI=1S/C21H19NO5S/c1-25-15-11-13(12-16(26-2)19(15)27-3)9-10-17-22-18(20(28-17)21(23)24)14-7-5-4-6-8-14/h4-12H,1-3H3,(H,23,24)/p-1/b10-9+. The Morgan fingerprint density at radius 3 is 2.18 bits per heavy atom. The van der Waals surface area contributed by atoms with Crippen LogP contribution in [0.4, 0.5) is 0 Å². The van der Waals surface area contributed by atoms with E-state index in [0.29, 0.717) is 28.0 Å². The molecule has 0 radical (unpaired) electrons. The molecule has 0 saturated carbocycles. The number of ether oxygens (including phenoxy) is 3. The van der Waals surface area contributed by atoms with E-state index in [1.165, 1.54) is 7.11 Å². The normalized spacial score (nSPS) is 10.8. The lowest BCUT2D eigenvalue weighted by molar-refractivity contribution is -0.254. The lowest BCUT2D eigenvalue weighted by atomic mass is 10.1. The highest BCUT2D eigenvalue weighted by atomic mass is 32.1. The second-order valence-electron chi connectivity index (χ2n) is 5.68. The number of hydrogen-bond donors (Lipinski definition) is 0. The number of rotatable bonds is 7. The number of methoxy groups -OCH3 is 3. The van der Waals surface area contributed by atoms with E-state index >= 15 is 0 Å². The number of carboxylic acids is 1. The summed E-state index contributed by atoms with van der Waals surface area (Å²) in [5.74, 6) is 0.313. The summed E-state index contributed by atoms with van der Waals surface area (Å²) in [6, 6.07) is 12.7. The van der Waals surface area contributed by atoms with Gasteiger partial charge >= 0.3 is 0 Å². The molecule has 6 nitrogen and oxygen atoms in total. The summed E-state index contributed by atoms with van der Waals surface area (Å²) in [6.07, 6.45) is 3.54. The predicted molar refractivity (Wildman–Crippen MR) is 107 cm³/mol. The molecule has 0 unspecified atom stereocenters. The van der Waals surface area contributed by atoms with Crippen LogP contribution in [0.5, 0.6) is 17.2 Å². The molecule has 0 atom stereocenters. The third-order valence-corrected chi connectivity index (χ3v) is 4.98. The molecule has 28 heavy (non-hydrogen) atoms. The van der Waals surface area contributed by atoms with E-state index < -0.39 is 5.97 Å². The highest BCUT2D eigenvalue weighted by molar-refractivity contribution is 7.14. The van der Waals surface area contributed by atoms with Crippen LogP contribution in [-0.4, -0.2) is 32.3 Å². The summed E-state index contributed by atoms with van der Waals surface area (Å²) < 4.78 is 16.0. The fourth-order valence-electron chi connectivity index (χ4n) is 2.70. The van der Waals surface area contributed by atoms with Crippen molar-refractivity contribution < 1.29 is 24.1 Å². The van der Waals surface area contributed by atoms with Gasteiger partial charge in [-0.05, 0) is 23.8 Å². The molecule has 144 valence electrons. The van der Waals surface area contributed by atoms with Crippen molar-refractivity contribution in [3.05, 3.63) is 57.9 Å². The molecule has 0 aliphatic heterocycles. The molecule has 0 aliphatic carbocycles. The molecule has 1 aromatic heterocycles. The van der Waals surface area contributed by atoms with Crippen LogP contribution in [0.1, 0.15) is 20.2 Å². The van der Waals surface area contributed by atoms with Gasteiger partial charge in [-0.2, -0.15) is 0 Å². The van der Waals surface area contributed by atoms with E-state index in [1.807, 2.05) is 30.3 Å². The number of carbonyl (C=O) groups excluding carboxylic acids is 1. The largest absolute Gasteiger partial charge is 0.544 e. The number of benzene rings is 2. The van der Waals surface area contributed by atoms with Crippen LogP contribution in [0, 0.1) is 0 Å². The van der Waals surface area contributed by atoms with Crippen molar-refractivity contribution in [1.29, 1.82) is 0 Å². The Kier molecular flexibility index (Phi) is 5.96. The van der Waals surface area contributed by atoms with Gasteiger partial charge in [-0.15, -0.1) is 11.3 Å². The van der Waals surface area contributed by atoms with Gasteiger partial charge < -0.3 is 24.1 Å². The van der Waals surface area contributed by atoms with Crippen molar-refractivity contribution in [3.8, 4) is 28.5 Å². The van der Waals surface area contributed by atoms with Crippen molar-refractivity contribution in [3.63, 3.8) is 0 Å². The molecule has 0 fully saturated rings. The average molecular weight is 396 g/mol. The molecule has 3 rings (SSSR count). The molecule has 0 spiro atoms. The SMILES string of the molecule is COc1cc(/C=C/c2nc(-c3ccccc3)c(C(=O)[O-])s2)cc(OC)c1OC. The molecule has 0 N–H and O–H groups in total. The Morgan fingerprint density at radius 2 is 1.64 bits per heavy atom. The lowest BCUT2D eigenvalue weighted by Gasteiger charge is -2.12. The summed E-state index contributed by atoms with van der Waals surface area (Å²) in [5.41, 5.74) is 1.92. The predicted octanol–water partition coefficient (Wildman–Crippen LogP) is 3.37. The van der Waals surface area contributed by atoms with Crippen molar-refractivity contribution in [2.24, 2.45) is 0 Å². The summed E-state index contributed by atoms with van der Waals surface area (Å²) in [7, 11) is 4.63. The minimum absolute atomic E-state index is 0.0933. The van der Waals surface area contributed by atoms with Crippen LogP contribution in [0.2, 0.25) is 0 Å². The second-order valence-corrected chi connectivity index (χ2v) is 6.71. The molecule has 0 aliphatic rings. The van der Waals surface area contributed by atoms with E-state index in [1.54, 1.807) is 38.5 Å². The summed E-state index contributed by atoms with van der Waals surface area (Å²) in [6.45, 7) is 0. The van der Waals surface area contributed by atoms with Crippen molar-refractivity contribution in [1.82, 2.24) is 4.98 Å². The van der Waals surface area contributed by atoms with Crippen LogP contribution >= 0.6 is 11.3 Å². The maximum Gasteiger partial charge on any atom is 0.203 e. The Hall–Kier alpha value is -3.32. The van der Waals surface area contributed by atoms with Gasteiger partial charge in [-0.25, -0.2) is 4.98 Å². The molecule has 7 heteroatoms. The number of carbonyl (C=O) groups is 1. The smallest absolute Gasteiger partial charge is 0.203 e. The number of aromatic carboxylic acids is 1. The van der Waals surface area contributed by atoms with E-state index in [-0.39, 0.29) is 4.88 Å². The fraction of sp³-hybridized carbons (Fsp3) is 0.143. The maximum absolute atomic E-state index is 11.5. The zero-order valence-corrected chi connectivity index (χ0v) is 16.4. The minimum atomic E-state index is -1.25. The van der Waals surface area contributed by atoms with Crippen LogP contribution in [0.3, 0.4) is 0 Å². The molecular formula is C21H18NO5S-. The minimum Gasteiger partial charge on any atom is -0.544 e. The summed E-state index contributed by atoms with van der Waals surface area (Å²) in [4.78, 5) is 16.1. The van der Waals surface area contributed by atoms with Crippen molar-refractivity contribution >= 4 is 29.5 Å². The van der Waals surface area contributed by atoms with Gasteiger partial charge in [0.1, 0.15) is 5.01 Å². The van der Waals surface area contributed by atoms with Gasteiger partial charge in [0.05, 0.1) is 37.9 Å². The van der Waals surface area contributed by atoms with Gasteiger partial charge in [0.2, 0.25) is 5.75 Å². The lowest BCUT2D eigenvalue weighted by Crippen LogP contribution is -2.21. The molecule has 3 aromatic rings. The first-order chi connectivity index (χ1) is 13.6. The third-order valence-electron chi connectivity index (χ3n) is 3.98. The van der Waals surface area contributed by atoms with Gasteiger partial charge in [0, 0.05) is 5.56 Å². The zero-order chi connectivity index (χ0) is 20.1. The molecule has 0 bridgehead atoms. The number of nitrogens with zero attached hydrogens (tertiary/aromatic N) is 1. The van der Waals surface area contributed by atoms with Crippen molar-refractivity contribution in [2.45, 2.75) is 0 Å². The van der Waals surface area contributed by atoms with Crippen LogP contribution in [-0.2, 0) is 0 Å².